The van der Waals surface area contributed by atoms with Crippen LogP contribution in [0.25, 0.3) is 0 Å². The normalized spacial score (nSPS) is 28.8. The summed E-state index contributed by atoms with van der Waals surface area (Å²) in [5, 5.41) is 3.55. The summed E-state index contributed by atoms with van der Waals surface area (Å²) < 4.78 is 5.78. The van der Waals surface area contributed by atoms with Gasteiger partial charge in [0, 0.05) is 31.7 Å². The van der Waals surface area contributed by atoms with E-state index in [2.05, 4.69) is 24.1 Å². The Balaban J connectivity index is 1.88. The van der Waals surface area contributed by atoms with Crippen LogP contribution in [0.4, 0.5) is 0 Å². The van der Waals surface area contributed by atoms with Crippen LogP contribution < -0.4 is 5.32 Å². The van der Waals surface area contributed by atoms with E-state index in [1.807, 2.05) is 0 Å². The summed E-state index contributed by atoms with van der Waals surface area (Å²) in [6, 6.07) is 0. The maximum Gasteiger partial charge on any atom is 0.0546 e. The number of hydrogen-bond donors (Lipinski definition) is 1. The van der Waals surface area contributed by atoms with Crippen LogP contribution in [-0.4, -0.2) is 50.8 Å². The van der Waals surface area contributed by atoms with E-state index in [-0.39, 0.29) is 0 Å². The summed E-state index contributed by atoms with van der Waals surface area (Å²) in [4.78, 5) is 2.66. The predicted molar refractivity (Wildman–Crippen MR) is 75.9 cm³/mol. The molecule has 0 bridgehead atoms. The van der Waals surface area contributed by atoms with Crippen molar-refractivity contribution in [3.63, 3.8) is 0 Å². The minimum atomic E-state index is 0.360. The molecule has 106 valence electrons. The van der Waals surface area contributed by atoms with Crippen molar-refractivity contribution in [1.82, 2.24) is 10.2 Å². The van der Waals surface area contributed by atoms with Crippen LogP contribution in [0, 0.1) is 11.3 Å². The topological polar surface area (TPSA) is 24.5 Å². The lowest BCUT2D eigenvalue weighted by Gasteiger charge is -2.41. The fourth-order valence-electron chi connectivity index (χ4n) is 3.07. The molecule has 2 rings (SSSR count). The van der Waals surface area contributed by atoms with E-state index in [0.717, 1.165) is 32.2 Å². The van der Waals surface area contributed by atoms with Crippen LogP contribution in [0.2, 0.25) is 0 Å². The highest BCUT2D eigenvalue weighted by Crippen LogP contribution is 2.33. The SMILES string of the molecule is CCNCC1(CN(CC)CC2CC2)CCCOC1. The van der Waals surface area contributed by atoms with Crippen molar-refractivity contribution in [1.29, 1.82) is 0 Å². The second kappa shape index (κ2) is 6.88. The zero-order chi connectivity index (χ0) is 12.8. The number of ether oxygens (including phenoxy) is 1. The maximum absolute atomic E-state index is 5.78. The lowest BCUT2D eigenvalue weighted by atomic mass is 9.81. The van der Waals surface area contributed by atoms with Crippen LogP contribution >= 0.6 is 0 Å². The fourth-order valence-corrected chi connectivity index (χ4v) is 3.07. The van der Waals surface area contributed by atoms with Gasteiger partial charge in [-0.15, -0.1) is 0 Å². The molecular weight excluding hydrogens is 224 g/mol. The molecule has 18 heavy (non-hydrogen) atoms. The lowest BCUT2D eigenvalue weighted by molar-refractivity contribution is -0.0259. The van der Waals surface area contributed by atoms with Crippen molar-refractivity contribution in [2.75, 3.05) is 45.9 Å². The minimum Gasteiger partial charge on any atom is -0.381 e. The third kappa shape index (κ3) is 4.22. The smallest absolute Gasteiger partial charge is 0.0546 e. The van der Waals surface area contributed by atoms with Crippen molar-refractivity contribution >= 4 is 0 Å². The standard InChI is InChI=1S/C15H30N2O/c1-3-16-11-15(8-5-9-18-13-15)12-17(4-2)10-14-6-7-14/h14,16H,3-13H2,1-2H3. The Morgan fingerprint density at radius 3 is 2.72 bits per heavy atom. The summed E-state index contributed by atoms with van der Waals surface area (Å²) in [6.07, 6.45) is 5.45. The molecule has 2 aliphatic rings. The van der Waals surface area contributed by atoms with Gasteiger partial charge in [0.1, 0.15) is 0 Å². The van der Waals surface area contributed by atoms with Crippen molar-refractivity contribution in [3.05, 3.63) is 0 Å². The molecule has 1 aliphatic heterocycles. The molecule has 1 saturated carbocycles. The molecule has 1 unspecified atom stereocenters. The largest absolute Gasteiger partial charge is 0.381 e. The van der Waals surface area contributed by atoms with Gasteiger partial charge in [-0.25, -0.2) is 0 Å². The zero-order valence-electron chi connectivity index (χ0n) is 12.2. The van der Waals surface area contributed by atoms with Gasteiger partial charge in [0.15, 0.2) is 0 Å². The lowest BCUT2D eigenvalue weighted by Crippen LogP contribution is -2.49. The van der Waals surface area contributed by atoms with E-state index in [1.165, 1.54) is 45.3 Å². The van der Waals surface area contributed by atoms with E-state index < -0.39 is 0 Å². The monoisotopic (exact) mass is 254 g/mol. The first-order valence-corrected chi connectivity index (χ1v) is 7.79. The van der Waals surface area contributed by atoms with Crippen LogP contribution in [-0.2, 0) is 4.74 Å². The molecule has 2 fully saturated rings. The third-order valence-electron chi connectivity index (χ3n) is 4.37. The first kappa shape index (κ1) is 14.3. The quantitative estimate of drug-likeness (QED) is 0.718. The van der Waals surface area contributed by atoms with Crippen LogP contribution in [0.1, 0.15) is 39.5 Å². The predicted octanol–water partition coefficient (Wildman–Crippen LogP) is 2.12. The molecule has 0 radical (unpaired) electrons. The number of nitrogens with one attached hydrogen (secondary N) is 1. The number of rotatable bonds is 8. The van der Waals surface area contributed by atoms with E-state index >= 15 is 0 Å². The summed E-state index contributed by atoms with van der Waals surface area (Å²) in [5.41, 5.74) is 0.360. The molecule has 0 aromatic carbocycles. The zero-order valence-corrected chi connectivity index (χ0v) is 12.2. The average Bonchev–Trinajstić information content (AvgIpc) is 3.21. The van der Waals surface area contributed by atoms with E-state index in [1.54, 1.807) is 0 Å². The minimum absolute atomic E-state index is 0.360. The summed E-state index contributed by atoms with van der Waals surface area (Å²) in [7, 11) is 0. The van der Waals surface area contributed by atoms with Gasteiger partial charge < -0.3 is 15.0 Å². The van der Waals surface area contributed by atoms with Crippen molar-refractivity contribution < 1.29 is 4.74 Å². The fraction of sp³-hybridized carbons (Fsp3) is 1.00. The number of hydrogen-bond acceptors (Lipinski definition) is 3. The molecule has 1 saturated heterocycles. The highest BCUT2D eigenvalue weighted by Gasteiger charge is 2.35. The molecule has 0 aromatic heterocycles. The Kier molecular flexibility index (Phi) is 5.46. The van der Waals surface area contributed by atoms with Gasteiger partial charge >= 0.3 is 0 Å². The molecule has 0 spiro atoms. The highest BCUT2D eigenvalue weighted by atomic mass is 16.5. The van der Waals surface area contributed by atoms with Gasteiger partial charge in [-0.1, -0.05) is 13.8 Å². The highest BCUT2D eigenvalue weighted by molar-refractivity contribution is 4.88. The van der Waals surface area contributed by atoms with Crippen molar-refractivity contribution in [3.8, 4) is 0 Å². The van der Waals surface area contributed by atoms with Gasteiger partial charge in [-0.3, -0.25) is 0 Å². The third-order valence-corrected chi connectivity index (χ3v) is 4.37. The Hall–Kier alpha value is -0.120. The van der Waals surface area contributed by atoms with Crippen molar-refractivity contribution in [2.45, 2.75) is 39.5 Å². The molecule has 3 nitrogen and oxygen atoms in total. The summed E-state index contributed by atoms with van der Waals surface area (Å²) in [6.45, 7) is 12.3. The molecule has 0 amide bonds. The Bertz CT molecular complexity index is 235. The molecule has 1 N–H and O–H groups in total. The first-order chi connectivity index (χ1) is 8.78. The Labute approximate surface area is 112 Å². The van der Waals surface area contributed by atoms with E-state index in [0.29, 0.717) is 5.41 Å². The second-order valence-corrected chi connectivity index (χ2v) is 6.21. The van der Waals surface area contributed by atoms with Crippen LogP contribution in [0.5, 0.6) is 0 Å². The van der Waals surface area contributed by atoms with Crippen LogP contribution in [0.15, 0.2) is 0 Å². The molecular formula is C15H30N2O. The first-order valence-electron chi connectivity index (χ1n) is 7.79. The van der Waals surface area contributed by atoms with Gasteiger partial charge in [-0.05, 0) is 44.7 Å². The second-order valence-electron chi connectivity index (χ2n) is 6.21. The van der Waals surface area contributed by atoms with Crippen molar-refractivity contribution in [2.24, 2.45) is 11.3 Å². The molecule has 0 aromatic rings. The number of nitrogens with zero attached hydrogens (tertiary/aromatic N) is 1. The molecule has 1 atom stereocenters. The van der Waals surface area contributed by atoms with Gasteiger partial charge in [0.2, 0.25) is 0 Å². The van der Waals surface area contributed by atoms with Crippen LogP contribution in [0.3, 0.4) is 0 Å². The molecule has 1 aliphatic carbocycles. The van der Waals surface area contributed by atoms with E-state index in [9.17, 15) is 0 Å². The molecule has 1 heterocycles. The Morgan fingerprint density at radius 1 is 1.33 bits per heavy atom. The summed E-state index contributed by atoms with van der Waals surface area (Å²) in [5.74, 6) is 0.991. The average molecular weight is 254 g/mol. The summed E-state index contributed by atoms with van der Waals surface area (Å²) >= 11 is 0. The molecule has 3 heteroatoms. The van der Waals surface area contributed by atoms with Gasteiger partial charge in [-0.2, -0.15) is 0 Å². The maximum atomic E-state index is 5.78. The Morgan fingerprint density at radius 2 is 2.17 bits per heavy atom. The van der Waals surface area contributed by atoms with Gasteiger partial charge in [0.25, 0.3) is 0 Å². The van der Waals surface area contributed by atoms with Gasteiger partial charge in [0.05, 0.1) is 6.61 Å². The van der Waals surface area contributed by atoms with E-state index in [4.69, 9.17) is 4.74 Å².